The molecule has 9 heteroatoms. The van der Waals surface area contributed by atoms with E-state index in [9.17, 15) is 14.7 Å². The number of rotatable bonds is 5. The van der Waals surface area contributed by atoms with Gasteiger partial charge in [0.25, 0.3) is 5.91 Å². The zero-order chi connectivity index (χ0) is 17.7. The molecule has 1 aliphatic heterocycles. The Labute approximate surface area is 146 Å². The fourth-order valence-electron chi connectivity index (χ4n) is 1.91. The number of carbonyl (C=O) groups is 2. The van der Waals surface area contributed by atoms with Gasteiger partial charge in [-0.1, -0.05) is 12.1 Å². The lowest BCUT2D eigenvalue weighted by Gasteiger charge is -2.05. The Balaban J connectivity index is 2.05. The first-order chi connectivity index (χ1) is 11.4. The summed E-state index contributed by atoms with van der Waals surface area (Å²) in [6, 6.07) is 4.28. The lowest BCUT2D eigenvalue weighted by molar-refractivity contribution is -0.121. The molecule has 1 aliphatic rings. The van der Waals surface area contributed by atoms with Gasteiger partial charge < -0.3 is 21.9 Å². The average molecular weight is 394 g/mol. The fraction of sp³-hybridized carbons (Fsp3) is 0.133. The van der Waals surface area contributed by atoms with E-state index >= 15 is 0 Å². The lowest BCUT2D eigenvalue weighted by Crippen LogP contribution is -2.25. The van der Waals surface area contributed by atoms with Gasteiger partial charge in [0, 0.05) is 12.7 Å². The van der Waals surface area contributed by atoms with Gasteiger partial charge in [0.2, 0.25) is 0 Å². The second kappa shape index (κ2) is 7.64. The molecule has 0 atom stereocenters. The maximum absolute atomic E-state index is 12.2. The SMILES string of the molecule is NC(N)=NCC/C=C1\NC(=O)N(/C=C/c2ccc(O)c(Br)c2)C1=O. The summed E-state index contributed by atoms with van der Waals surface area (Å²) in [5, 5.41) is 11.9. The van der Waals surface area contributed by atoms with Gasteiger partial charge in [-0.2, -0.15) is 0 Å². The van der Waals surface area contributed by atoms with Crippen LogP contribution in [-0.2, 0) is 4.79 Å². The largest absolute Gasteiger partial charge is 0.507 e. The van der Waals surface area contributed by atoms with Crippen molar-refractivity contribution >= 4 is 39.9 Å². The van der Waals surface area contributed by atoms with Crippen molar-refractivity contribution in [3.8, 4) is 5.75 Å². The predicted molar refractivity (Wildman–Crippen MR) is 93.6 cm³/mol. The van der Waals surface area contributed by atoms with Crippen LogP contribution in [-0.4, -0.2) is 34.4 Å². The van der Waals surface area contributed by atoms with Crippen LogP contribution < -0.4 is 16.8 Å². The zero-order valence-corrected chi connectivity index (χ0v) is 14.2. The standard InChI is InChI=1S/C15H16BrN5O3/c16-10-8-9(3-4-12(10)22)5-7-21-13(23)11(20-15(21)24)2-1-6-19-14(17)18/h2-5,7-8,22H,1,6H2,(H,20,24)(H4,17,18,19)/b7-5+,11-2-. The van der Waals surface area contributed by atoms with Crippen molar-refractivity contribution in [1.29, 1.82) is 0 Å². The molecule has 0 unspecified atom stereocenters. The second-order valence-electron chi connectivity index (χ2n) is 4.84. The summed E-state index contributed by atoms with van der Waals surface area (Å²) in [5.41, 5.74) is 11.3. The molecule has 24 heavy (non-hydrogen) atoms. The van der Waals surface area contributed by atoms with Crippen molar-refractivity contribution in [3.05, 3.63) is 46.2 Å². The topological polar surface area (TPSA) is 134 Å². The van der Waals surface area contributed by atoms with E-state index in [-0.39, 0.29) is 17.4 Å². The molecule has 1 saturated heterocycles. The monoisotopic (exact) mass is 393 g/mol. The number of imide groups is 1. The summed E-state index contributed by atoms with van der Waals surface area (Å²) in [6.07, 6.45) is 4.94. The number of carbonyl (C=O) groups excluding carboxylic acids is 2. The number of nitrogens with one attached hydrogen (secondary N) is 1. The van der Waals surface area contributed by atoms with Crippen LogP contribution in [0.2, 0.25) is 0 Å². The van der Waals surface area contributed by atoms with Crippen LogP contribution in [0, 0.1) is 0 Å². The number of benzene rings is 1. The summed E-state index contributed by atoms with van der Waals surface area (Å²) in [5.74, 6) is -0.383. The third-order valence-corrected chi connectivity index (χ3v) is 3.70. The number of aromatic hydroxyl groups is 1. The third-order valence-electron chi connectivity index (χ3n) is 3.07. The number of halogens is 1. The van der Waals surface area contributed by atoms with E-state index in [0.717, 1.165) is 4.90 Å². The Morgan fingerprint density at radius 1 is 1.38 bits per heavy atom. The molecule has 8 nitrogen and oxygen atoms in total. The molecular weight excluding hydrogens is 378 g/mol. The van der Waals surface area contributed by atoms with E-state index in [2.05, 4.69) is 26.2 Å². The highest BCUT2D eigenvalue weighted by atomic mass is 79.9. The zero-order valence-electron chi connectivity index (χ0n) is 12.6. The van der Waals surface area contributed by atoms with Crippen LogP contribution in [0.3, 0.4) is 0 Å². The van der Waals surface area contributed by atoms with Gasteiger partial charge in [-0.15, -0.1) is 0 Å². The molecule has 3 amide bonds. The van der Waals surface area contributed by atoms with E-state index < -0.39 is 11.9 Å². The van der Waals surface area contributed by atoms with Gasteiger partial charge >= 0.3 is 6.03 Å². The summed E-state index contributed by atoms with van der Waals surface area (Å²) in [4.78, 5) is 28.8. The maximum Gasteiger partial charge on any atom is 0.333 e. The Kier molecular flexibility index (Phi) is 5.59. The van der Waals surface area contributed by atoms with Crippen molar-refractivity contribution in [3.63, 3.8) is 0 Å². The first-order valence-electron chi connectivity index (χ1n) is 6.95. The smallest absolute Gasteiger partial charge is 0.333 e. The number of urea groups is 1. The first kappa shape index (κ1) is 17.5. The number of nitrogens with two attached hydrogens (primary N) is 2. The molecule has 0 aliphatic carbocycles. The van der Waals surface area contributed by atoms with Crippen LogP contribution in [0.1, 0.15) is 12.0 Å². The predicted octanol–water partition coefficient (Wildman–Crippen LogP) is 1.22. The van der Waals surface area contributed by atoms with E-state index in [1.807, 2.05) is 0 Å². The van der Waals surface area contributed by atoms with Crippen molar-refractivity contribution in [2.24, 2.45) is 16.5 Å². The summed E-state index contributed by atoms with van der Waals surface area (Å²) in [7, 11) is 0. The summed E-state index contributed by atoms with van der Waals surface area (Å²) < 4.78 is 0.516. The molecular formula is C15H16BrN5O3. The summed E-state index contributed by atoms with van der Waals surface area (Å²) in [6.45, 7) is 0.326. The molecule has 0 radical (unpaired) electrons. The van der Waals surface area contributed by atoms with Gasteiger partial charge in [0.05, 0.1) is 4.47 Å². The van der Waals surface area contributed by atoms with Gasteiger partial charge in [-0.3, -0.25) is 9.79 Å². The minimum absolute atomic E-state index is 0.0280. The van der Waals surface area contributed by atoms with Gasteiger partial charge in [-0.05, 0) is 46.1 Å². The molecule has 1 heterocycles. The number of phenolic OH excluding ortho intramolecular Hbond substituents is 1. The Morgan fingerprint density at radius 2 is 2.12 bits per heavy atom. The fourth-order valence-corrected chi connectivity index (χ4v) is 2.31. The van der Waals surface area contributed by atoms with Crippen LogP contribution in [0.15, 0.2) is 45.6 Å². The molecule has 1 aromatic rings. The van der Waals surface area contributed by atoms with E-state index in [1.165, 1.54) is 12.3 Å². The molecule has 1 fully saturated rings. The minimum Gasteiger partial charge on any atom is -0.507 e. The molecule has 6 N–H and O–H groups in total. The molecule has 126 valence electrons. The quantitative estimate of drug-likeness (QED) is 0.196. The highest BCUT2D eigenvalue weighted by molar-refractivity contribution is 9.10. The third kappa shape index (κ3) is 4.35. The second-order valence-corrected chi connectivity index (χ2v) is 5.70. The van der Waals surface area contributed by atoms with E-state index in [4.69, 9.17) is 11.5 Å². The number of hydrogen-bond donors (Lipinski definition) is 4. The van der Waals surface area contributed by atoms with Crippen molar-refractivity contribution in [2.75, 3.05) is 6.54 Å². The van der Waals surface area contributed by atoms with E-state index in [1.54, 1.807) is 24.3 Å². The van der Waals surface area contributed by atoms with Crippen LogP contribution in [0.4, 0.5) is 4.79 Å². The van der Waals surface area contributed by atoms with Gasteiger partial charge in [-0.25, -0.2) is 9.69 Å². The Morgan fingerprint density at radius 3 is 2.79 bits per heavy atom. The number of aliphatic imine (C=N–C) groups is 1. The van der Waals surface area contributed by atoms with Gasteiger partial charge in [0.1, 0.15) is 11.4 Å². The molecule has 0 bridgehead atoms. The first-order valence-corrected chi connectivity index (χ1v) is 7.74. The Hall–Kier alpha value is -2.81. The summed E-state index contributed by atoms with van der Waals surface area (Å²) >= 11 is 3.20. The number of phenols is 1. The average Bonchev–Trinajstić information content (AvgIpc) is 2.79. The molecule has 0 aromatic heterocycles. The van der Waals surface area contributed by atoms with Crippen molar-refractivity contribution in [2.45, 2.75) is 6.42 Å². The lowest BCUT2D eigenvalue weighted by atomic mass is 10.2. The molecule has 0 saturated carbocycles. The van der Waals surface area contributed by atoms with Crippen LogP contribution in [0.25, 0.3) is 6.08 Å². The molecule has 1 aromatic carbocycles. The number of nitrogens with zero attached hydrogens (tertiary/aromatic N) is 2. The minimum atomic E-state index is -0.540. The van der Waals surface area contributed by atoms with Crippen molar-refractivity contribution < 1.29 is 14.7 Å². The molecule has 0 spiro atoms. The number of amides is 3. The number of hydrogen-bond acceptors (Lipinski definition) is 4. The van der Waals surface area contributed by atoms with Crippen LogP contribution >= 0.6 is 15.9 Å². The molecule has 2 rings (SSSR count). The Bertz CT molecular complexity index is 753. The van der Waals surface area contributed by atoms with Crippen molar-refractivity contribution in [1.82, 2.24) is 10.2 Å². The van der Waals surface area contributed by atoms with Crippen LogP contribution in [0.5, 0.6) is 5.75 Å². The number of guanidine groups is 1. The highest BCUT2D eigenvalue weighted by Gasteiger charge is 2.31. The maximum atomic E-state index is 12.2. The highest BCUT2D eigenvalue weighted by Crippen LogP contribution is 2.25. The normalized spacial score (nSPS) is 16.0. The van der Waals surface area contributed by atoms with E-state index in [0.29, 0.717) is 23.0 Å². The van der Waals surface area contributed by atoms with Gasteiger partial charge in [0.15, 0.2) is 5.96 Å².